The smallest absolute Gasteiger partial charge is 0.277 e. The minimum Gasteiger partial charge on any atom is -0.385 e. The monoisotopic (exact) mass is 272 g/mol. The van der Waals surface area contributed by atoms with Gasteiger partial charge in [0, 0.05) is 0 Å². The average molecular weight is 272 g/mol. The molecule has 2 rings (SSSR count). The lowest BCUT2D eigenvalue weighted by molar-refractivity contribution is -0.172. The Labute approximate surface area is 111 Å². The molecule has 1 spiro atoms. The van der Waals surface area contributed by atoms with E-state index in [0.717, 1.165) is 6.42 Å². The number of ether oxygens (including phenoxy) is 1. The minimum absolute atomic E-state index is 0.0274. The van der Waals surface area contributed by atoms with Crippen LogP contribution < -0.4 is 10.6 Å². The zero-order valence-electron chi connectivity index (χ0n) is 11.3. The van der Waals surface area contributed by atoms with Gasteiger partial charge in [0.15, 0.2) is 0 Å². The predicted molar refractivity (Wildman–Crippen MR) is 64.8 cm³/mol. The Balaban J connectivity index is 2.24. The number of piperazine rings is 1. The molecule has 0 aromatic carbocycles. The minimum atomic E-state index is -1.88. The van der Waals surface area contributed by atoms with Gasteiger partial charge >= 0.3 is 0 Å². The average Bonchev–Trinajstić information content (AvgIpc) is 2.58. The number of aliphatic hydroxyl groups excluding tert-OH is 1. The van der Waals surface area contributed by atoms with Crippen LogP contribution in [0.1, 0.15) is 27.2 Å². The van der Waals surface area contributed by atoms with Crippen LogP contribution in [0, 0.1) is 5.92 Å². The van der Waals surface area contributed by atoms with Gasteiger partial charge in [-0.1, -0.05) is 20.3 Å². The summed E-state index contributed by atoms with van der Waals surface area (Å²) in [4.78, 5) is 24.2. The second-order valence-corrected chi connectivity index (χ2v) is 5.61. The lowest BCUT2D eigenvalue weighted by Crippen LogP contribution is -2.75. The van der Waals surface area contributed by atoms with Crippen LogP contribution >= 0.6 is 0 Å². The van der Waals surface area contributed by atoms with E-state index in [1.165, 1.54) is 6.92 Å². The summed E-state index contributed by atoms with van der Waals surface area (Å²) in [5, 5.41) is 25.0. The molecule has 5 atom stereocenters. The van der Waals surface area contributed by atoms with Gasteiger partial charge in [0.25, 0.3) is 11.6 Å². The van der Waals surface area contributed by atoms with Gasteiger partial charge in [0.1, 0.15) is 17.7 Å². The molecule has 0 bridgehead atoms. The Bertz CT molecular complexity index is 411. The SMILES string of the molecule is CC[C@H](C)[C@@H]1NC(=O)[C@@]2(NC1=O)OC[C@](C)(O)[C@@H]2O. The van der Waals surface area contributed by atoms with Crippen molar-refractivity contribution in [2.24, 2.45) is 5.92 Å². The summed E-state index contributed by atoms with van der Waals surface area (Å²) in [5.41, 5.74) is -3.46. The van der Waals surface area contributed by atoms with Crippen molar-refractivity contribution in [3.05, 3.63) is 0 Å². The molecule has 19 heavy (non-hydrogen) atoms. The maximum Gasteiger partial charge on any atom is 0.277 e. The number of hydrogen-bond acceptors (Lipinski definition) is 5. The standard InChI is InChI=1S/C12H20N2O5/c1-4-6(2)7-8(15)14-12(10(17)13-7)9(16)11(3,18)5-19-12/h6-7,9,16,18H,4-5H2,1-3H3,(H,13,17)(H,14,15)/t6-,7-,9-,11-,12-/m0/s1. The molecule has 2 heterocycles. The lowest BCUT2D eigenvalue weighted by atomic mass is 9.89. The highest BCUT2D eigenvalue weighted by Gasteiger charge is 2.63. The number of amides is 2. The number of nitrogens with one attached hydrogen (secondary N) is 2. The van der Waals surface area contributed by atoms with Gasteiger partial charge in [0.05, 0.1) is 6.61 Å². The fourth-order valence-electron chi connectivity index (χ4n) is 2.42. The summed E-state index contributed by atoms with van der Waals surface area (Å²) in [7, 11) is 0. The molecular weight excluding hydrogens is 252 g/mol. The first-order valence-corrected chi connectivity index (χ1v) is 6.42. The van der Waals surface area contributed by atoms with Crippen molar-refractivity contribution in [1.29, 1.82) is 0 Å². The first-order valence-electron chi connectivity index (χ1n) is 6.42. The Kier molecular flexibility index (Phi) is 3.32. The second-order valence-electron chi connectivity index (χ2n) is 5.61. The van der Waals surface area contributed by atoms with E-state index < -0.39 is 35.3 Å². The fraction of sp³-hybridized carbons (Fsp3) is 0.833. The highest BCUT2D eigenvalue weighted by atomic mass is 16.6. The molecule has 4 N–H and O–H groups in total. The zero-order chi connectivity index (χ0) is 14.4. The van der Waals surface area contributed by atoms with Crippen LogP contribution in [0.3, 0.4) is 0 Å². The summed E-state index contributed by atoms with van der Waals surface area (Å²) in [6.07, 6.45) is -0.784. The Morgan fingerprint density at radius 3 is 2.63 bits per heavy atom. The first-order chi connectivity index (χ1) is 8.74. The molecule has 108 valence electrons. The molecule has 0 aliphatic carbocycles. The van der Waals surface area contributed by atoms with Gasteiger partial charge in [-0.05, 0) is 12.8 Å². The number of rotatable bonds is 2. The molecule has 0 aromatic heterocycles. The third-order valence-electron chi connectivity index (χ3n) is 3.99. The van der Waals surface area contributed by atoms with Crippen LogP contribution in [0.4, 0.5) is 0 Å². The fourth-order valence-corrected chi connectivity index (χ4v) is 2.42. The Hall–Kier alpha value is -1.18. The predicted octanol–water partition coefficient (Wildman–Crippen LogP) is -1.51. The number of hydrogen-bond donors (Lipinski definition) is 4. The summed E-state index contributed by atoms with van der Waals surface area (Å²) >= 11 is 0. The van der Waals surface area contributed by atoms with Crippen LogP contribution in [-0.4, -0.2) is 52.1 Å². The normalized spacial score (nSPS) is 44.1. The molecule has 7 heteroatoms. The molecule has 2 aliphatic heterocycles. The number of carbonyl (C=O) groups is 2. The van der Waals surface area contributed by atoms with Gasteiger partial charge in [0.2, 0.25) is 5.91 Å². The quantitative estimate of drug-likeness (QED) is 0.488. The van der Waals surface area contributed by atoms with Crippen molar-refractivity contribution in [3.63, 3.8) is 0 Å². The van der Waals surface area contributed by atoms with E-state index in [9.17, 15) is 19.8 Å². The molecule has 2 amide bonds. The van der Waals surface area contributed by atoms with Crippen molar-refractivity contribution in [2.75, 3.05) is 6.61 Å². The maximum atomic E-state index is 12.2. The summed E-state index contributed by atoms with van der Waals surface area (Å²) in [6.45, 7) is 4.90. The van der Waals surface area contributed by atoms with Gasteiger partial charge in [-0.2, -0.15) is 0 Å². The molecule has 2 saturated heterocycles. The van der Waals surface area contributed by atoms with Gasteiger partial charge in [-0.3, -0.25) is 9.59 Å². The van der Waals surface area contributed by atoms with Crippen LogP contribution in [0.5, 0.6) is 0 Å². The second kappa shape index (κ2) is 4.43. The molecular formula is C12H20N2O5. The number of aliphatic hydroxyl groups is 2. The van der Waals surface area contributed by atoms with Crippen molar-refractivity contribution >= 4 is 11.8 Å². The highest BCUT2D eigenvalue weighted by molar-refractivity contribution is 5.99. The van der Waals surface area contributed by atoms with E-state index in [4.69, 9.17) is 4.74 Å². The molecule has 0 aromatic rings. The third kappa shape index (κ3) is 2.01. The van der Waals surface area contributed by atoms with Gasteiger partial charge in [-0.15, -0.1) is 0 Å². The van der Waals surface area contributed by atoms with E-state index in [1.807, 2.05) is 13.8 Å². The van der Waals surface area contributed by atoms with Crippen LogP contribution in [0.15, 0.2) is 0 Å². The third-order valence-corrected chi connectivity index (χ3v) is 3.99. The van der Waals surface area contributed by atoms with Crippen molar-refractivity contribution in [2.45, 2.75) is 50.7 Å². The molecule has 0 saturated carbocycles. The van der Waals surface area contributed by atoms with Crippen LogP contribution in [-0.2, 0) is 14.3 Å². The number of carbonyl (C=O) groups excluding carboxylic acids is 2. The van der Waals surface area contributed by atoms with E-state index in [0.29, 0.717) is 0 Å². The lowest BCUT2D eigenvalue weighted by Gasteiger charge is -2.40. The van der Waals surface area contributed by atoms with E-state index in [1.54, 1.807) is 0 Å². The van der Waals surface area contributed by atoms with Gasteiger partial charge < -0.3 is 25.6 Å². The first kappa shape index (κ1) is 14.2. The van der Waals surface area contributed by atoms with Crippen LogP contribution in [0.25, 0.3) is 0 Å². The van der Waals surface area contributed by atoms with Crippen molar-refractivity contribution in [3.8, 4) is 0 Å². The van der Waals surface area contributed by atoms with E-state index >= 15 is 0 Å². The largest absolute Gasteiger partial charge is 0.385 e. The van der Waals surface area contributed by atoms with Gasteiger partial charge in [-0.25, -0.2) is 0 Å². The van der Waals surface area contributed by atoms with Crippen molar-refractivity contribution in [1.82, 2.24) is 10.6 Å². The van der Waals surface area contributed by atoms with Crippen molar-refractivity contribution < 1.29 is 24.5 Å². The van der Waals surface area contributed by atoms with E-state index in [-0.39, 0.29) is 12.5 Å². The molecule has 2 aliphatic rings. The van der Waals surface area contributed by atoms with Crippen LogP contribution in [0.2, 0.25) is 0 Å². The summed E-state index contributed by atoms with van der Waals surface area (Å²) in [5.74, 6) is -1.06. The van der Waals surface area contributed by atoms with E-state index in [2.05, 4.69) is 10.6 Å². The topological polar surface area (TPSA) is 108 Å². The molecule has 0 radical (unpaired) electrons. The Morgan fingerprint density at radius 1 is 1.53 bits per heavy atom. The maximum absolute atomic E-state index is 12.2. The zero-order valence-corrected chi connectivity index (χ0v) is 11.3. The molecule has 2 fully saturated rings. The molecule has 0 unspecified atom stereocenters. The highest BCUT2D eigenvalue weighted by Crippen LogP contribution is 2.34. The Morgan fingerprint density at radius 2 is 2.16 bits per heavy atom. The summed E-state index contributed by atoms with van der Waals surface area (Å²) in [6, 6.07) is -0.649. The molecule has 7 nitrogen and oxygen atoms in total. The summed E-state index contributed by atoms with van der Waals surface area (Å²) < 4.78 is 5.21.